The van der Waals surface area contributed by atoms with Crippen molar-refractivity contribution in [1.82, 2.24) is 0 Å². The van der Waals surface area contributed by atoms with Crippen molar-refractivity contribution in [2.45, 2.75) is 13.3 Å². The van der Waals surface area contributed by atoms with Crippen molar-refractivity contribution in [2.75, 3.05) is 139 Å². The second-order valence-electron chi connectivity index (χ2n) is 7.30. The number of hydrogen-bond donors (Lipinski definition) is 3. The van der Waals surface area contributed by atoms with Gasteiger partial charge in [0, 0.05) is 6.61 Å². The minimum absolute atomic E-state index is 0.0301. The average molecular weight is 599 g/mol. The molecule has 0 aromatic carbocycles. The van der Waals surface area contributed by atoms with Crippen molar-refractivity contribution in [1.29, 1.82) is 0 Å². The molecule has 16 heteroatoms. The van der Waals surface area contributed by atoms with Crippen LogP contribution in [0.2, 0.25) is 0 Å². The summed E-state index contributed by atoms with van der Waals surface area (Å²) in [7, 11) is -4.67. The molecule has 15 nitrogen and oxygen atoms in total. The van der Waals surface area contributed by atoms with Gasteiger partial charge in [-0.05, 0) is 6.42 Å². The van der Waals surface area contributed by atoms with Gasteiger partial charge in [0.25, 0.3) is 0 Å². The van der Waals surface area contributed by atoms with E-state index in [1.807, 2.05) is 0 Å². The van der Waals surface area contributed by atoms with E-state index < -0.39 is 10.4 Å². The van der Waals surface area contributed by atoms with Crippen LogP contribution < -0.4 is 0 Å². The Labute approximate surface area is 232 Å². The van der Waals surface area contributed by atoms with E-state index in [0.29, 0.717) is 126 Å². The maximum Gasteiger partial charge on any atom is 0.394 e. The molecule has 0 aliphatic heterocycles. The van der Waals surface area contributed by atoms with Gasteiger partial charge in [-0.1, -0.05) is 6.92 Å². The van der Waals surface area contributed by atoms with Crippen molar-refractivity contribution >= 4 is 10.4 Å². The second-order valence-corrected chi connectivity index (χ2v) is 8.19. The van der Waals surface area contributed by atoms with Gasteiger partial charge in [0.2, 0.25) is 0 Å². The molecular formula is C23H50O15S. The van der Waals surface area contributed by atoms with E-state index >= 15 is 0 Å². The van der Waals surface area contributed by atoms with Crippen molar-refractivity contribution in [2.24, 2.45) is 0 Å². The number of aliphatic hydroxyl groups is 1. The van der Waals surface area contributed by atoms with Crippen LogP contribution in [0.25, 0.3) is 0 Å². The highest BCUT2D eigenvalue weighted by Gasteiger charge is 1.95. The Balaban J connectivity index is 0. The average Bonchev–Trinajstić information content (AvgIpc) is 2.89. The quantitative estimate of drug-likeness (QED) is 0.0709. The van der Waals surface area contributed by atoms with Crippen LogP contribution in [0.15, 0.2) is 0 Å². The van der Waals surface area contributed by atoms with Crippen molar-refractivity contribution < 1.29 is 70.0 Å². The monoisotopic (exact) mass is 598 g/mol. The topological polar surface area (TPSA) is 187 Å². The molecule has 0 aliphatic carbocycles. The third kappa shape index (κ3) is 50.7. The van der Waals surface area contributed by atoms with Crippen LogP contribution in [0.4, 0.5) is 0 Å². The van der Waals surface area contributed by atoms with Crippen LogP contribution in [-0.2, 0) is 57.8 Å². The van der Waals surface area contributed by atoms with Crippen LogP contribution in [0.3, 0.4) is 0 Å². The van der Waals surface area contributed by atoms with Gasteiger partial charge in [-0.25, -0.2) is 0 Å². The molecule has 0 heterocycles. The zero-order valence-electron chi connectivity index (χ0n) is 23.2. The van der Waals surface area contributed by atoms with Crippen LogP contribution in [0.5, 0.6) is 0 Å². The Kier molecular flexibility index (Phi) is 36.9. The van der Waals surface area contributed by atoms with E-state index in [1.165, 1.54) is 0 Å². The van der Waals surface area contributed by atoms with Gasteiger partial charge in [-0.15, -0.1) is 0 Å². The molecule has 0 fully saturated rings. The molecular weight excluding hydrogens is 548 g/mol. The van der Waals surface area contributed by atoms with Gasteiger partial charge >= 0.3 is 10.4 Å². The maximum atomic E-state index is 8.74. The Morgan fingerprint density at radius 2 is 0.538 bits per heavy atom. The second kappa shape index (κ2) is 35.5. The Morgan fingerprint density at radius 3 is 0.692 bits per heavy atom. The minimum Gasteiger partial charge on any atom is -0.394 e. The first-order chi connectivity index (χ1) is 18.9. The molecule has 0 aromatic rings. The van der Waals surface area contributed by atoms with Crippen LogP contribution in [0.1, 0.15) is 13.3 Å². The van der Waals surface area contributed by atoms with Crippen molar-refractivity contribution in [3.05, 3.63) is 0 Å². The van der Waals surface area contributed by atoms with E-state index in [-0.39, 0.29) is 6.61 Å². The van der Waals surface area contributed by atoms with E-state index in [0.717, 1.165) is 13.0 Å². The number of aliphatic hydroxyl groups excluding tert-OH is 1. The normalized spacial score (nSPS) is 11.5. The van der Waals surface area contributed by atoms with E-state index in [1.54, 1.807) is 0 Å². The lowest BCUT2D eigenvalue weighted by molar-refractivity contribution is -0.0268. The van der Waals surface area contributed by atoms with Gasteiger partial charge in [0.1, 0.15) is 0 Å². The molecule has 3 N–H and O–H groups in total. The van der Waals surface area contributed by atoms with Gasteiger partial charge in [0.05, 0.1) is 132 Å². The molecule has 0 saturated carbocycles. The summed E-state index contributed by atoms with van der Waals surface area (Å²) in [5.41, 5.74) is 0. The molecule has 0 unspecified atom stereocenters. The summed E-state index contributed by atoms with van der Waals surface area (Å²) < 4.78 is 85.2. The van der Waals surface area contributed by atoms with Gasteiger partial charge in [-0.2, -0.15) is 8.42 Å². The molecule has 0 radical (unpaired) electrons. The van der Waals surface area contributed by atoms with Crippen molar-refractivity contribution in [3.63, 3.8) is 0 Å². The van der Waals surface area contributed by atoms with Gasteiger partial charge in [0.15, 0.2) is 0 Å². The van der Waals surface area contributed by atoms with Gasteiger partial charge in [-0.3, -0.25) is 9.11 Å². The fraction of sp³-hybridized carbons (Fsp3) is 1.00. The molecule has 39 heavy (non-hydrogen) atoms. The largest absolute Gasteiger partial charge is 0.394 e. The molecule has 0 saturated heterocycles. The third-order valence-electron chi connectivity index (χ3n) is 3.93. The molecule has 0 spiro atoms. The van der Waals surface area contributed by atoms with E-state index in [2.05, 4.69) is 6.92 Å². The first-order valence-electron chi connectivity index (χ1n) is 13.0. The fourth-order valence-corrected chi connectivity index (χ4v) is 2.29. The predicted molar refractivity (Wildman–Crippen MR) is 140 cm³/mol. The molecule has 0 rings (SSSR count). The van der Waals surface area contributed by atoms with Gasteiger partial charge < -0.3 is 52.5 Å². The predicted octanol–water partition coefficient (Wildman–Crippen LogP) is -0.0981. The molecule has 0 aromatic heterocycles. The fourth-order valence-electron chi connectivity index (χ4n) is 2.29. The highest BCUT2D eigenvalue weighted by Crippen LogP contribution is 1.87. The summed E-state index contributed by atoms with van der Waals surface area (Å²) in [5.74, 6) is 0. The Bertz CT molecular complexity index is 500. The number of rotatable bonds is 31. The summed E-state index contributed by atoms with van der Waals surface area (Å²) in [6, 6.07) is 0. The third-order valence-corrected chi connectivity index (χ3v) is 3.93. The molecule has 238 valence electrons. The van der Waals surface area contributed by atoms with Crippen LogP contribution >= 0.6 is 0 Å². The highest BCUT2D eigenvalue weighted by atomic mass is 32.3. The zero-order valence-corrected chi connectivity index (χ0v) is 24.0. The Hall–Kier alpha value is -0.570. The van der Waals surface area contributed by atoms with E-state index in [9.17, 15) is 0 Å². The summed E-state index contributed by atoms with van der Waals surface area (Å²) >= 11 is 0. The highest BCUT2D eigenvalue weighted by molar-refractivity contribution is 7.79. The minimum atomic E-state index is -4.67. The SMILES string of the molecule is CCCOCCOCCOCCOCCOCCOCCOCCOCCOCCOCCO.O=S(=O)(O)O. The summed E-state index contributed by atoms with van der Waals surface area (Å²) in [6.07, 6.45) is 1.03. The maximum absolute atomic E-state index is 8.74. The first kappa shape index (κ1) is 40.6. The summed E-state index contributed by atoms with van der Waals surface area (Å²) in [4.78, 5) is 0. The lowest BCUT2D eigenvalue weighted by Gasteiger charge is -2.09. The van der Waals surface area contributed by atoms with Crippen LogP contribution in [-0.4, -0.2) is 161 Å². The standard InChI is InChI=1S/C23H48O11.H2O4S/c1-2-4-25-6-8-27-10-12-29-14-16-31-18-20-33-22-23-34-21-19-32-17-15-30-13-11-28-9-7-26-5-3-24;1-5(2,3)4/h24H,2-23H2,1H3;(H2,1,2,3,4). The molecule has 0 atom stereocenters. The molecule has 0 amide bonds. The Morgan fingerprint density at radius 1 is 0.385 bits per heavy atom. The molecule has 0 aliphatic rings. The molecule has 0 bridgehead atoms. The number of hydrogen-bond acceptors (Lipinski definition) is 13. The van der Waals surface area contributed by atoms with Crippen molar-refractivity contribution in [3.8, 4) is 0 Å². The zero-order chi connectivity index (χ0) is 29.1. The lowest BCUT2D eigenvalue weighted by atomic mass is 10.5. The lowest BCUT2D eigenvalue weighted by Crippen LogP contribution is -2.15. The summed E-state index contributed by atoms with van der Waals surface area (Å²) in [6.45, 7) is 12.8. The van der Waals surface area contributed by atoms with Crippen LogP contribution in [0, 0.1) is 0 Å². The smallest absolute Gasteiger partial charge is 0.394 e. The van der Waals surface area contributed by atoms with E-state index in [4.69, 9.17) is 70.0 Å². The number of ether oxygens (including phenoxy) is 10. The first-order valence-corrected chi connectivity index (χ1v) is 14.4. The summed E-state index contributed by atoms with van der Waals surface area (Å²) in [5, 5.41) is 8.55.